The molecule has 0 radical (unpaired) electrons. The molecule has 1 spiro atoms. The maximum atomic E-state index is 15.0. The zero-order valence-corrected chi connectivity index (χ0v) is 27.3. The van der Waals surface area contributed by atoms with Gasteiger partial charge in [-0.1, -0.05) is 85.0 Å². The Morgan fingerprint density at radius 1 is 0.878 bits per heavy atom. The molecular weight excluding hydrogens is 622 g/mol. The molecule has 7 rings (SSSR count). The molecule has 0 unspecified atom stereocenters. The number of nitrogens with zero attached hydrogens (tertiary/aromatic N) is 2. The molecule has 3 aromatic rings. The summed E-state index contributed by atoms with van der Waals surface area (Å²) in [4.78, 5) is 59.8. The van der Waals surface area contributed by atoms with Crippen LogP contribution in [-0.2, 0) is 28.7 Å². The second-order valence-corrected chi connectivity index (χ2v) is 13.1. The quantitative estimate of drug-likeness (QED) is 0.220. The Kier molecular flexibility index (Phi) is 9.33. The van der Waals surface area contributed by atoms with Crippen molar-refractivity contribution in [2.24, 2.45) is 11.8 Å². The number of likely N-dealkylation sites (tertiary alicyclic amines) is 1. The van der Waals surface area contributed by atoms with Gasteiger partial charge in [0, 0.05) is 31.8 Å². The summed E-state index contributed by atoms with van der Waals surface area (Å²) in [5, 5.41) is 14.3. The van der Waals surface area contributed by atoms with Crippen molar-refractivity contribution in [3.63, 3.8) is 0 Å². The number of rotatable bonds is 7. The zero-order valence-electron chi connectivity index (χ0n) is 27.3. The fourth-order valence-electron chi connectivity index (χ4n) is 7.76. The minimum absolute atomic E-state index is 0.0371. The number of unbranched alkanes of at least 4 members (excludes halogenated alkanes) is 2. The highest BCUT2D eigenvalue weighted by atomic mass is 16.6. The van der Waals surface area contributed by atoms with Gasteiger partial charge >= 0.3 is 5.97 Å². The fourth-order valence-corrected chi connectivity index (χ4v) is 7.76. The number of esters is 1. The van der Waals surface area contributed by atoms with Crippen LogP contribution >= 0.6 is 0 Å². The van der Waals surface area contributed by atoms with Gasteiger partial charge < -0.3 is 29.7 Å². The number of aliphatic hydroxyl groups is 1. The fraction of sp³-hybridized carbons (Fsp3) is 0.385. The smallest absolute Gasteiger partial charge is 0.313 e. The average molecular weight is 664 g/mol. The van der Waals surface area contributed by atoms with E-state index in [1.54, 1.807) is 22.0 Å². The number of allylic oxidation sites excluding steroid dienone is 1. The number of benzene rings is 3. The highest BCUT2D eigenvalue weighted by Gasteiger charge is 2.73. The molecule has 2 N–H and O–H groups in total. The minimum atomic E-state index is -1.36. The van der Waals surface area contributed by atoms with Crippen molar-refractivity contribution in [2.75, 3.05) is 31.1 Å². The number of fused-ring (bicyclic) bond motifs is 3. The van der Waals surface area contributed by atoms with Crippen LogP contribution in [0, 0.1) is 11.8 Å². The molecule has 4 heterocycles. The minimum Gasteiger partial charge on any atom is -0.455 e. The molecule has 10 heteroatoms. The Morgan fingerprint density at radius 2 is 1.67 bits per heavy atom. The van der Waals surface area contributed by atoms with E-state index in [4.69, 9.17) is 9.47 Å². The Balaban J connectivity index is 1.30. The van der Waals surface area contributed by atoms with E-state index in [9.17, 15) is 19.5 Å². The summed E-state index contributed by atoms with van der Waals surface area (Å²) in [6, 6.07) is 21.9. The third-order valence-electron chi connectivity index (χ3n) is 10.2. The molecule has 6 atom stereocenters. The number of carbonyl (C=O) groups is 4. The van der Waals surface area contributed by atoms with Gasteiger partial charge in [0.2, 0.25) is 11.8 Å². The SMILES string of the molecule is O=C1CC/C=C\CN(c2ccc3ccccc3c2)C(=O)[C@H]2N(CCCCCO)C(=O)[C@@H]3[C@@H](C(=O)O[C@@H](c4ccccc4)CN1)[C@H]1C=C[C@]32O1. The molecule has 2 saturated heterocycles. The average Bonchev–Trinajstić information content (AvgIpc) is 3.77. The zero-order chi connectivity index (χ0) is 34.0. The third-order valence-corrected chi connectivity index (χ3v) is 10.2. The molecule has 2 fully saturated rings. The number of nitrogens with one attached hydrogen (secondary N) is 1. The molecule has 5 bridgehead atoms. The van der Waals surface area contributed by atoms with Gasteiger partial charge in [0.05, 0.1) is 18.6 Å². The summed E-state index contributed by atoms with van der Waals surface area (Å²) < 4.78 is 12.7. The van der Waals surface area contributed by atoms with Gasteiger partial charge in [-0.25, -0.2) is 0 Å². The van der Waals surface area contributed by atoms with Crippen LogP contribution in [0.5, 0.6) is 0 Å². The predicted molar refractivity (Wildman–Crippen MR) is 183 cm³/mol. The highest BCUT2D eigenvalue weighted by molar-refractivity contribution is 6.06. The molecule has 4 aliphatic heterocycles. The monoisotopic (exact) mass is 663 g/mol. The molecule has 10 nitrogen and oxygen atoms in total. The number of carbonyl (C=O) groups excluding carboxylic acids is 4. The molecule has 3 aromatic carbocycles. The third kappa shape index (κ3) is 6.15. The van der Waals surface area contributed by atoms with Crippen LogP contribution in [0.2, 0.25) is 0 Å². The first kappa shape index (κ1) is 32.7. The van der Waals surface area contributed by atoms with Gasteiger partial charge in [0.15, 0.2) is 0 Å². The van der Waals surface area contributed by atoms with E-state index in [0.29, 0.717) is 36.9 Å². The maximum Gasteiger partial charge on any atom is 0.313 e. The first-order chi connectivity index (χ1) is 23.9. The first-order valence-corrected chi connectivity index (χ1v) is 17.2. The summed E-state index contributed by atoms with van der Waals surface area (Å²) in [6.45, 7) is 0.591. The number of anilines is 1. The Hall–Kier alpha value is -4.80. The van der Waals surface area contributed by atoms with Crippen molar-refractivity contribution in [1.82, 2.24) is 10.2 Å². The van der Waals surface area contributed by atoms with Crippen LogP contribution in [0.3, 0.4) is 0 Å². The standard InChI is InChI=1S/C39H41N3O7/c43-23-11-3-10-22-42-35-37(46)41(29-18-17-26-12-7-8-15-28(26)24-29)21-9-2-6-16-32(44)40-25-31(27-13-4-1-5-14-27)48-38(47)33-30-19-20-39(35,49-30)34(33)36(42)45/h1-2,4-5,7-9,12-15,17-20,24,30-31,33-35,43H,3,6,10-11,16,21-23,25H2,(H,40,44)/b9-2-/t30-,31-,33+,34+,35-,39+/m1/s1. The maximum absolute atomic E-state index is 15.0. The van der Waals surface area contributed by atoms with Crippen LogP contribution < -0.4 is 10.2 Å². The second-order valence-electron chi connectivity index (χ2n) is 13.1. The summed E-state index contributed by atoms with van der Waals surface area (Å²) >= 11 is 0. The second kappa shape index (κ2) is 14.0. The lowest BCUT2D eigenvalue weighted by atomic mass is 9.74. The van der Waals surface area contributed by atoms with Gasteiger partial charge in [-0.05, 0) is 54.2 Å². The topological polar surface area (TPSA) is 125 Å². The molecule has 4 aliphatic rings. The summed E-state index contributed by atoms with van der Waals surface area (Å²) in [5.41, 5.74) is 0.0169. The van der Waals surface area contributed by atoms with Crippen molar-refractivity contribution in [1.29, 1.82) is 0 Å². The van der Waals surface area contributed by atoms with E-state index in [-0.39, 0.29) is 50.4 Å². The van der Waals surface area contributed by atoms with E-state index in [0.717, 1.165) is 10.8 Å². The van der Waals surface area contributed by atoms with Crippen LogP contribution in [0.25, 0.3) is 10.8 Å². The van der Waals surface area contributed by atoms with Gasteiger partial charge in [-0.3, -0.25) is 19.2 Å². The Morgan fingerprint density at radius 3 is 2.49 bits per heavy atom. The van der Waals surface area contributed by atoms with Gasteiger partial charge in [0.1, 0.15) is 23.7 Å². The molecule has 0 aliphatic carbocycles. The van der Waals surface area contributed by atoms with Crippen molar-refractivity contribution in [3.8, 4) is 0 Å². The molecular formula is C39H41N3O7. The Bertz CT molecular complexity index is 1790. The number of hydrogen-bond acceptors (Lipinski definition) is 7. The predicted octanol–water partition coefficient (Wildman–Crippen LogP) is 4.24. The largest absolute Gasteiger partial charge is 0.455 e. The lowest BCUT2D eigenvalue weighted by Gasteiger charge is -2.36. The molecule has 49 heavy (non-hydrogen) atoms. The van der Waals surface area contributed by atoms with E-state index >= 15 is 4.79 Å². The summed E-state index contributed by atoms with van der Waals surface area (Å²) in [7, 11) is 0. The number of ether oxygens (including phenoxy) is 2. The number of aliphatic hydroxyl groups excluding tert-OH is 1. The van der Waals surface area contributed by atoms with E-state index in [1.807, 2.05) is 84.9 Å². The molecule has 254 valence electrons. The molecule has 3 amide bonds. The number of amides is 3. The highest BCUT2D eigenvalue weighted by Crippen LogP contribution is 2.56. The van der Waals surface area contributed by atoms with Gasteiger partial charge in [0.25, 0.3) is 5.91 Å². The van der Waals surface area contributed by atoms with Gasteiger partial charge in [-0.15, -0.1) is 0 Å². The lowest BCUT2D eigenvalue weighted by molar-refractivity contribution is -0.159. The van der Waals surface area contributed by atoms with E-state index in [1.165, 1.54) is 0 Å². The van der Waals surface area contributed by atoms with Crippen molar-refractivity contribution in [3.05, 3.63) is 103 Å². The lowest BCUT2D eigenvalue weighted by Crippen LogP contribution is -2.56. The van der Waals surface area contributed by atoms with Crippen LogP contribution in [-0.4, -0.2) is 77.7 Å². The molecule has 0 aromatic heterocycles. The first-order valence-electron chi connectivity index (χ1n) is 17.2. The van der Waals surface area contributed by atoms with Crippen LogP contribution in [0.15, 0.2) is 97.1 Å². The van der Waals surface area contributed by atoms with E-state index in [2.05, 4.69) is 5.32 Å². The van der Waals surface area contributed by atoms with Crippen molar-refractivity contribution < 1.29 is 33.8 Å². The molecule has 0 saturated carbocycles. The van der Waals surface area contributed by atoms with Gasteiger partial charge in [-0.2, -0.15) is 0 Å². The summed E-state index contributed by atoms with van der Waals surface area (Å²) in [6.07, 6.45) is 8.31. The number of cyclic esters (lactones) is 1. The normalized spacial score (nSPS) is 29.3. The van der Waals surface area contributed by atoms with Crippen LogP contribution in [0.4, 0.5) is 5.69 Å². The Labute approximate surface area is 285 Å². The summed E-state index contributed by atoms with van der Waals surface area (Å²) in [5.74, 6) is -3.37. The van der Waals surface area contributed by atoms with Crippen molar-refractivity contribution >= 4 is 40.2 Å². The van der Waals surface area contributed by atoms with Crippen LogP contribution in [0.1, 0.15) is 43.8 Å². The van der Waals surface area contributed by atoms with Crippen molar-refractivity contribution in [2.45, 2.75) is 56.0 Å². The van der Waals surface area contributed by atoms with E-state index < -0.39 is 41.7 Å². The number of hydrogen-bond donors (Lipinski definition) is 2.